The topological polar surface area (TPSA) is 75.8 Å². The van der Waals surface area contributed by atoms with Gasteiger partial charge in [-0.05, 0) is 30.5 Å². The monoisotopic (exact) mass is 527 g/mol. The Hall–Kier alpha value is -1.23. The van der Waals surface area contributed by atoms with Gasteiger partial charge in [0.15, 0.2) is 0 Å². The molecule has 0 aliphatic carbocycles. The van der Waals surface area contributed by atoms with E-state index < -0.39 is 0 Å². The molecular formula is C20H27N2O3W-. The Morgan fingerprint density at radius 2 is 1.81 bits per heavy atom. The fraction of sp³-hybridized carbons (Fsp3) is 0.400. The van der Waals surface area contributed by atoms with Crippen molar-refractivity contribution in [2.75, 3.05) is 26.9 Å². The molecular weight excluding hydrogens is 500 g/mol. The van der Waals surface area contributed by atoms with Crippen LogP contribution >= 0.6 is 0 Å². The van der Waals surface area contributed by atoms with E-state index in [1.807, 2.05) is 18.2 Å². The average molecular weight is 527 g/mol. The van der Waals surface area contributed by atoms with E-state index in [0.29, 0.717) is 6.54 Å². The largest absolute Gasteiger partial charge is 0.651 e. The molecule has 3 N–H and O–H groups in total. The Balaban J connectivity index is 0.000000366. The third kappa shape index (κ3) is 6.49. The smallest absolute Gasteiger partial charge is 0.120 e. The number of methoxy groups -OCH3 is 1. The van der Waals surface area contributed by atoms with Crippen molar-refractivity contribution in [3.8, 4) is 5.75 Å². The summed E-state index contributed by atoms with van der Waals surface area (Å²) in [6.07, 6.45) is 0.675. The Labute approximate surface area is 170 Å². The van der Waals surface area contributed by atoms with Gasteiger partial charge in [-0.3, -0.25) is 5.32 Å². The summed E-state index contributed by atoms with van der Waals surface area (Å²) in [7, 11) is 1.72. The molecule has 0 radical (unpaired) electrons. The molecule has 5 nitrogen and oxygen atoms in total. The molecule has 142 valence electrons. The molecule has 0 fully saturated rings. The van der Waals surface area contributed by atoms with Crippen molar-refractivity contribution in [3.63, 3.8) is 0 Å². The molecule has 2 aromatic carbocycles. The van der Waals surface area contributed by atoms with Gasteiger partial charge in [0, 0.05) is 27.6 Å². The van der Waals surface area contributed by atoms with Gasteiger partial charge >= 0.3 is 0 Å². The van der Waals surface area contributed by atoms with Crippen molar-refractivity contribution in [2.24, 2.45) is 0 Å². The van der Waals surface area contributed by atoms with E-state index in [0.717, 1.165) is 24.3 Å². The van der Waals surface area contributed by atoms with E-state index in [9.17, 15) is 0 Å². The van der Waals surface area contributed by atoms with Crippen LogP contribution in [0.15, 0.2) is 48.5 Å². The van der Waals surface area contributed by atoms with Gasteiger partial charge < -0.3 is 20.3 Å². The number of para-hydroxylation sites is 1. The Kier molecular flexibility index (Phi) is 10.7. The van der Waals surface area contributed by atoms with Gasteiger partial charge in [-0.25, -0.2) is 0 Å². The van der Waals surface area contributed by atoms with Gasteiger partial charge in [-0.15, -0.1) is 6.54 Å². The van der Waals surface area contributed by atoms with Gasteiger partial charge in [0.25, 0.3) is 0 Å². The summed E-state index contributed by atoms with van der Waals surface area (Å²) in [6, 6.07) is 16.8. The number of benzene rings is 2. The predicted molar refractivity (Wildman–Crippen MR) is 100.0 cm³/mol. The summed E-state index contributed by atoms with van der Waals surface area (Å²) >= 11 is 0. The van der Waals surface area contributed by atoms with Crippen LogP contribution in [-0.2, 0) is 27.5 Å². The first-order valence-corrected chi connectivity index (χ1v) is 8.54. The number of rotatable bonds is 5. The predicted octanol–water partition coefficient (Wildman–Crippen LogP) is 2.62. The molecule has 26 heavy (non-hydrogen) atoms. The number of nitrogens with zero attached hydrogens (tertiary/aromatic N) is 1. The summed E-state index contributed by atoms with van der Waals surface area (Å²) in [5.41, 5.74) is 3.88. The van der Waals surface area contributed by atoms with Crippen LogP contribution in [0.3, 0.4) is 0 Å². The Morgan fingerprint density at radius 3 is 2.42 bits per heavy atom. The first-order chi connectivity index (χ1) is 12.2. The van der Waals surface area contributed by atoms with Crippen molar-refractivity contribution in [2.45, 2.75) is 25.5 Å². The average Bonchev–Trinajstić information content (AvgIpc) is 2.66. The van der Waals surface area contributed by atoms with Gasteiger partial charge in [0.2, 0.25) is 0 Å². The number of nitrogens with one attached hydrogen (secondary N) is 1. The third-order valence-electron chi connectivity index (χ3n) is 4.03. The SMILES string of the molecule is CC(O)CNCO.COc1ccccc1C1[N-]CCc2ccccc21.[W]. The molecule has 0 saturated carbocycles. The second-order valence-electron chi connectivity index (χ2n) is 5.96. The minimum atomic E-state index is -0.368. The molecule has 0 spiro atoms. The first kappa shape index (κ1) is 22.8. The van der Waals surface area contributed by atoms with Crippen LogP contribution in [0.1, 0.15) is 29.7 Å². The van der Waals surface area contributed by atoms with Gasteiger partial charge in [0.1, 0.15) is 5.75 Å². The molecule has 0 bridgehead atoms. The van der Waals surface area contributed by atoms with Crippen LogP contribution in [0.5, 0.6) is 5.75 Å². The van der Waals surface area contributed by atoms with Gasteiger partial charge in [0.05, 0.1) is 19.9 Å². The fourth-order valence-corrected chi connectivity index (χ4v) is 2.87. The molecule has 1 aliphatic rings. The van der Waals surface area contributed by atoms with Crippen LogP contribution in [0.4, 0.5) is 0 Å². The van der Waals surface area contributed by atoms with Crippen LogP contribution in [0.25, 0.3) is 5.32 Å². The molecule has 0 saturated heterocycles. The Morgan fingerprint density at radius 1 is 1.15 bits per heavy atom. The first-order valence-electron chi connectivity index (χ1n) is 8.54. The second-order valence-corrected chi connectivity index (χ2v) is 5.96. The number of aliphatic hydroxyl groups excluding tert-OH is 2. The van der Waals surface area contributed by atoms with Crippen LogP contribution in [0, 0.1) is 0 Å². The van der Waals surface area contributed by atoms with Crippen molar-refractivity contribution in [3.05, 3.63) is 70.5 Å². The normalized spacial score (nSPS) is 16.4. The number of fused-ring (bicyclic) bond motifs is 1. The van der Waals surface area contributed by atoms with Crippen molar-refractivity contribution >= 4 is 0 Å². The summed E-state index contributed by atoms with van der Waals surface area (Å²) in [5.74, 6) is 0.919. The van der Waals surface area contributed by atoms with E-state index in [4.69, 9.17) is 20.3 Å². The molecule has 1 aliphatic heterocycles. The zero-order valence-electron chi connectivity index (χ0n) is 15.3. The molecule has 2 unspecified atom stereocenters. The maximum Gasteiger partial charge on any atom is 0.120 e. The van der Waals surface area contributed by atoms with Crippen molar-refractivity contribution < 1.29 is 36.0 Å². The Bertz CT molecular complexity index is 652. The second kappa shape index (κ2) is 12.2. The zero-order chi connectivity index (χ0) is 18.1. The summed E-state index contributed by atoms with van der Waals surface area (Å²) < 4.78 is 5.45. The van der Waals surface area contributed by atoms with Crippen LogP contribution < -0.4 is 10.1 Å². The van der Waals surface area contributed by atoms with Crippen LogP contribution in [-0.4, -0.2) is 43.2 Å². The molecule has 2 atom stereocenters. The van der Waals surface area contributed by atoms with E-state index in [1.54, 1.807) is 14.0 Å². The maximum atomic E-state index is 8.51. The number of aliphatic hydroxyl groups is 2. The van der Waals surface area contributed by atoms with Gasteiger partial charge in [-0.1, -0.05) is 54.1 Å². The standard InChI is InChI=1S/C16H16NO.C4H11NO2.W/c1-18-15-9-5-4-8-14(15)16-13-7-3-2-6-12(13)10-11-17-16;1-4(7)2-5-3-6;/h2-9,16H,10-11H2,1H3;4-7H,2-3H2,1H3;/q-1;;. The third-order valence-corrected chi connectivity index (χ3v) is 4.03. The maximum absolute atomic E-state index is 8.51. The minimum absolute atomic E-state index is 0. The number of ether oxygens (including phenoxy) is 1. The number of hydrogen-bond donors (Lipinski definition) is 3. The summed E-state index contributed by atoms with van der Waals surface area (Å²) in [5, 5.41) is 23.9. The fourth-order valence-electron chi connectivity index (χ4n) is 2.87. The van der Waals surface area contributed by atoms with Crippen molar-refractivity contribution in [1.29, 1.82) is 0 Å². The summed E-state index contributed by atoms with van der Waals surface area (Å²) in [4.78, 5) is 0. The molecule has 1 heterocycles. The molecule has 0 aromatic heterocycles. The molecule has 0 amide bonds. The van der Waals surface area contributed by atoms with E-state index in [-0.39, 0.29) is 39.9 Å². The summed E-state index contributed by atoms with van der Waals surface area (Å²) in [6.45, 7) is 2.93. The molecule has 2 aromatic rings. The van der Waals surface area contributed by atoms with E-state index in [1.165, 1.54) is 11.1 Å². The quantitative estimate of drug-likeness (QED) is 0.523. The molecule has 6 heteroatoms. The van der Waals surface area contributed by atoms with Crippen molar-refractivity contribution in [1.82, 2.24) is 5.32 Å². The minimum Gasteiger partial charge on any atom is -0.651 e. The molecule has 3 rings (SSSR count). The van der Waals surface area contributed by atoms with Crippen LogP contribution in [0.2, 0.25) is 0 Å². The van der Waals surface area contributed by atoms with E-state index in [2.05, 4.69) is 35.6 Å². The zero-order valence-corrected chi connectivity index (χ0v) is 18.2. The van der Waals surface area contributed by atoms with Gasteiger partial charge in [-0.2, -0.15) is 0 Å². The number of hydrogen-bond acceptors (Lipinski definition) is 4. The van der Waals surface area contributed by atoms with E-state index >= 15 is 0 Å².